The van der Waals surface area contributed by atoms with Crippen LogP contribution in [0.5, 0.6) is 0 Å². The Kier molecular flexibility index (Phi) is 27.9. The Morgan fingerprint density at radius 1 is 0.528 bits per heavy atom. The fourth-order valence-corrected chi connectivity index (χ4v) is 3.78. The number of unbranched alkanes of at least 4 members (excludes halogenated alkanes) is 12. The third-order valence-corrected chi connectivity index (χ3v) is 6.00. The van der Waals surface area contributed by atoms with E-state index in [9.17, 15) is 4.79 Å². The minimum Gasteiger partial charge on any atom is -0.460 e. The lowest BCUT2D eigenvalue weighted by molar-refractivity contribution is -0.140. The van der Waals surface area contributed by atoms with Crippen LogP contribution in [0.25, 0.3) is 0 Å². The topological polar surface area (TPSA) is 63.2 Å². The summed E-state index contributed by atoms with van der Waals surface area (Å²) < 4.78 is 26.8. The molecule has 0 fully saturated rings. The first-order chi connectivity index (χ1) is 17.5. The number of hydrogen-bond donors (Lipinski definition) is 0. The lowest BCUT2D eigenvalue weighted by Gasteiger charge is -2.08. The minimum atomic E-state index is -0.388. The highest BCUT2D eigenvalue weighted by Crippen LogP contribution is 2.14. The van der Waals surface area contributed by atoms with Gasteiger partial charge in [0.15, 0.2) is 0 Å². The van der Waals surface area contributed by atoms with Crippen molar-refractivity contribution in [3.63, 3.8) is 0 Å². The Balaban J connectivity index is 3.06. The van der Waals surface area contributed by atoms with Crippen LogP contribution in [-0.4, -0.2) is 65.4 Å². The largest absolute Gasteiger partial charge is 0.460 e. The predicted molar refractivity (Wildman–Crippen MR) is 149 cm³/mol. The average molecular weight is 515 g/mol. The summed E-state index contributed by atoms with van der Waals surface area (Å²) >= 11 is 0. The second-order valence-corrected chi connectivity index (χ2v) is 10.1. The van der Waals surface area contributed by atoms with E-state index in [0.29, 0.717) is 51.8 Å². The molecule has 0 aromatic carbocycles. The summed E-state index contributed by atoms with van der Waals surface area (Å²) in [5.41, 5.74) is 0.392. The molecule has 0 N–H and O–H groups in total. The van der Waals surface area contributed by atoms with Gasteiger partial charge in [-0.15, -0.1) is 0 Å². The zero-order valence-electron chi connectivity index (χ0n) is 24.0. The van der Waals surface area contributed by atoms with Gasteiger partial charge in [0.05, 0.1) is 46.2 Å². The molecule has 0 aromatic rings. The molecule has 0 amide bonds. The van der Waals surface area contributed by atoms with E-state index in [-0.39, 0.29) is 12.6 Å². The normalized spacial score (nSPS) is 11.3. The fourth-order valence-electron chi connectivity index (χ4n) is 3.78. The highest BCUT2D eigenvalue weighted by Gasteiger charge is 2.02. The van der Waals surface area contributed by atoms with Crippen molar-refractivity contribution in [2.45, 2.75) is 111 Å². The van der Waals surface area contributed by atoms with E-state index in [1.165, 1.54) is 83.5 Å². The van der Waals surface area contributed by atoms with E-state index < -0.39 is 0 Å². The summed E-state index contributed by atoms with van der Waals surface area (Å²) in [6.45, 7) is 14.5. The van der Waals surface area contributed by atoms with Crippen LogP contribution < -0.4 is 0 Å². The van der Waals surface area contributed by atoms with Gasteiger partial charge in [-0.3, -0.25) is 0 Å². The third-order valence-electron chi connectivity index (χ3n) is 6.00. The van der Waals surface area contributed by atoms with E-state index >= 15 is 0 Å². The van der Waals surface area contributed by atoms with Crippen LogP contribution in [0.3, 0.4) is 0 Å². The highest BCUT2D eigenvalue weighted by molar-refractivity contribution is 5.86. The van der Waals surface area contributed by atoms with Crippen LogP contribution in [0.15, 0.2) is 12.2 Å². The van der Waals surface area contributed by atoms with Crippen molar-refractivity contribution in [2.75, 3.05) is 59.5 Å². The van der Waals surface area contributed by atoms with Crippen molar-refractivity contribution in [2.24, 2.45) is 5.92 Å². The first-order valence-electron chi connectivity index (χ1n) is 14.7. The van der Waals surface area contributed by atoms with E-state index in [1.807, 2.05) is 0 Å². The number of carbonyl (C=O) groups is 1. The van der Waals surface area contributed by atoms with E-state index in [4.69, 9.17) is 23.7 Å². The van der Waals surface area contributed by atoms with Crippen LogP contribution in [0, 0.1) is 5.92 Å². The van der Waals surface area contributed by atoms with Crippen molar-refractivity contribution < 1.29 is 28.5 Å². The van der Waals surface area contributed by atoms with Gasteiger partial charge in [0.25, 0.3) is 0 Å². The highest BCUT2D eigenvalue weighted by atomic mass is 16.6. The van der Waals surface area contributed by atoms with E-state index in [1.54, 1.807) is 6.92 Å². The van der Waals surface area contributed by atoms with Gasteiger partial charge in [-0.2, -0.15) is 0 Å². The van der Waals surface area contributed by atoms with Gasteiger partial charge in [-0.05, 0) is 19.3 Å². The van der Waals surface area contributed by atoms with Gasteiger partial charge >= 0.3 is 5.97 Å². The quantitative estimate of drug-likeness (QED) is 0.0593. The second kappa shape index (κ2) is 28.6. The molecule has 0 saturated carbocycles. The molecule has 0 radical (unpaired) electrons. The van der Waals surface area contributed by atoms with Crippen molar-refractivity contribution in [3.8, 4) is 0 Å². The fraction of sp³-hybridized carbons (Fsp3) is 0.900. The molecule has 0 aliphatic carbocycles. The smallest absolute Gasteiger partial charge is 0.333 e. The van der Waals surface area contributed by atoms with E-state index in [0.717, 1.165) is 18.9 Å². The van der Waals surface area contributed by atoms with Crippen LogP contribution in [0.4, 0.5) is 0 Å². The summed E-state index contributed by atoms with van der Waals surface area (Å²) in [6, 6.07) is 0. The SMILES string of the molecule is C=C(C)C(=O)OCCOCCOCCOCCOCCCCCCCCCCCCCCCC(C)C. The molecule has 0 unspecified atom stereocenters. The zero-order chi connectivity index (χ0) is 26.5. The minimum absolute atomic E-state index is 0.230. The van der Waals surface area contributed by atoms with Gasteiger partial charge in [-0.25, -0.2) is 4.79 Å². The lowest BCUT2D eigenvalue weighted by Crippen LogP contribution is -2.14. The maximum Gasteiger partial charge on any atom is 0.333 e. The Morgan fingerprint density at radius 2 is 0.861 bits per heavy atom. The number of ether oxygens (including phenoxy) is 5. The molecule has 0 heterocycles. The molecule has 6 nitrogen and oxygen atoms in total. The molecular formula is C30H58O6. The van der Waals surface area contributed by atoms with Crippen LogP contribution in [0.1, 0.15) is 111 Å². The predicted octanol–water partition coefficient (Wildman–Crippen LogP) is 7.29. The van der Waals surface area contributed by atoms with E-state index in [2.05, 4.69) is 20.4 Å². The van der Waals surface area contributed by atoms with Crippen molar-refractivity contribution in [1.82, 2.24) is 0 Å². The first kappa shape index (κ1) is 35.0. The summed E-state index contributed by atoms with van der Waals surface area (Å²) in [4.78, 5) is 11.2. The van der Waals surface area contributed by atoms with Crippen LogP contribution in [-0.2, 0) is 28.5 Å². The maximum atomic E-state index is 11.2. The summed E-state index contributed by atoms with van der Waals surface area (Å²) in [5, 5.41) is 0. The Labute approximate surface area is 222 Å². The first-order valence-corrected chi connectivity index (χ1v) is 14.7. The maximum absolute atomic E-state index is 11.2. The van der Waals surface area contributed by atoms with Crippen LogP contribution in [0.2, 0.25) is 0 Å². The van der Waals surface area contributed by atoms with Gasteiger partial charge in [0.1, 0.15) is 6.61 Å². The molecular weight excluding hydrogens is 456 g/mol. The number of rotatable bonds is 29. The molecule has 0 aliphatic heterocycles. The van der Waals surface area contributed by atoms with Gasteiger partial charge in [0.2, 0.25) is 0 Å². The van der Waals surface area contributed by atoms with Gasteiger partial charge < -0.3 is 23.7 Å². The summed E-state index contributed by atoms with van der Waals surface area (Å²) in [5.74, 6) is 0.480. The Morgan fingerprint density at radius 3 is 1.25 bits per heavy atom. The van der Waals surface area contributed by atoms with Crippen molar-refractivity contribution >= 4 is 5.97 Å². The molecule has 0 atom stereocenters. The lowest BCUT2D eigenvalue weighted by atomic mass is 10.0. The zero-order valence-corrected chi connectivity index (χ0v) is 24.0. The Bertz CT molecular complexity index is 480. The van der Waals surface area contributed by atoms with Gasteiger partial charge in [-0.1, -0.05) is 104 Å². The number of esters is 1. The molecule has 214 valence electrons. The second-order valence-electron chi connectivity index (χ2n) is 10.1. The van der Waals surface area contributed by atoms with Crippen molar-refractivity contribution in [3.05, 3.63) is 12.2 Å². The molecule has 6 heteroatoms. The molecule has 0 bridgehead atoms. The molecule has 36 heavy (non-hydrogen) atoms. The standard InChI is InChI=1S/C30H58O6/c1-28(2)18-16-14-12-10-8-6-5-7-9-11-13-15-17-19-32-20-21-33-22-23-34-24-25-35-26-27-36-30(31)29(3)4/h28H,3,5-27H2,1-2,4H3. The van der Waals surface area contributed by atoms with Crippen molar-refractivity contribution in [1.29, 1.82) is 0 Å². The van der Waals surface area contributed by atoms with Crippen LogP contribution >= 0.6 is 0 Å². The summed E-state index contributed by atoms with van der Waals surface area (Å²) in [7, 11) is 0. The average Bonchev–Trinajstić information content (AvgIpc) is 2.85. The molecule has 0 saturated heterocycles. The third kappa shape index (κ3) is 29.3. The van der Waals surface area contributed by atoms with Gasteiger partial charge in [0, 0.05) is 12.2 Å². The number of carbonyl (C=O) groups excluding carboxylic acids is 1. The summed E-state index contributed by atoms with van der Waals surface area (Å²) in [6.07, 6.45) is 19.3. The number of hydrogen-bond acceptors (Lipinski definition) is 6. The Hall–Kier alpha value is -0.950. The molecule has 0 spiro atoms. The monoisotopic (exact) mass is 514 g/mol. The molecule has 0 rings (SSSR count). The molecule has 0 aliphatic rings. The molecule has 0 aromatic heterocycles.